The number of fused-ring (bicyclic) bond motifs is 1. The quantitative estimate of drug-likeness (QED) is 0.860. The summed E-state index contributed by atoms with van der Waals surface area (Å²) in [5.41, 5.74) is 1.70. The van der Waals surface area contributed by atoms with Gasteiger partial charge in [-0.05, 0) is 31.5 Å². The number of aryl methyl sites for hydroxylation is 1. The molecule has 7 nitrogen and oxygen atoms in total. The monoisotopic (exact) mass is 348 g/mol. The summed E-state index contributed by atoms with van der Waals surface area (Å²) < 4.78 is 5.80. The summed E-state index contributed by atoms with van der Waals surface area (Å²) in [6, 6.07) is 5.56. The van der Waals surface area contributed by atoms with E-state index in [2.05, 4.69) is 10.3 Å². The SMILES string of the molecule is COC(=O)N1CCCN(C(=O)Nc2ccc3nc(C)sc3c2)CC1. The van der Waals surface area contributed by atoms with Crippen LogP contribution in [-0.2, 0) is 4.74 Å². The number of thiazole rings is 1. The first kappa shape index (κ1) is 16.5. The van der Waals surface area contributed by atoms with Gasteiger partial charge in [0.25, 0.3) is 0 Å². The lowest BCUT2D eigenvalue weighted by Crippen LogP contribution is -2.39. The summed E-state index contributed by atoms with van der Waals surface area (Å²) in [7, 11) is 1.37. The van der Waals surface area contributed by atoms with Gasteiger partial charge in [0.1, 0.15) is 0 Å². The van der Waals surface area contributed by atoms with Gasteiger partial charge in [0, 0.05) is 31.9 Å². The van der Waals surface area contributed by atoms with Crippen LogP contribution in [0.3, 0.4) is 0 Å². The highest BCUT2D eigenvalue weighted by Gasteiger charge is 2.22. The summed E-state index contributed by atoms with van der Waals surface area (Å²) in [4.78, 5) is 31.8. The number of carbonyl (C=O) groups is 2. The van der Waals surface area contributed by atoms with Crippen molar-refractivity contribution in [3.63, 3.8) is 0 Å². The van der Waals surface area contributed by atoms with Gasteiger partial charge in [0.15, 0.2) is 0 Å². The largest absolute Gasteiger partial charge is 0.453 e. The second kappa shape index (κ2) is 7.04. The molecule has 2 heterocycles. The normalized spacial score (nSPS) is 15.2. The second-order valence-corrected chi connectivity index (χ2v) is 6.88. The van der Waals surface area contributed by atoms with Gasteiger partial charge in [0.2, 0.25) is 0 Å². The fourth-order valence-electron chi connectivity index (χ4n) is 2.75. The second-order valence-electron chi connectivity index (χ2n) is 5.64. The lowest BCUT2D eigenvalue weighted by Gasteiger charge is -2.21. The van der Waals surface area contributed by atoms with Gasteiger partial charge in [-0.1, -0.05) is 0 Å². The van der Waals surface area contributed by atoms with Crippen LogP contribution in [0.15, 0.2) is 18.2 Å². The topological polar surface area (TPSA) is 74.8 Å². The first-order valence-corrected chi connectivity index (χ1v) is 8.64. The summed E-state index contributed by atoms with van der Waals surface area (Å²) in [5, 5.41) is 3.93. The van der Waals surface area contributed by atoms with Crippen molar-refractivity contribution in [1.82, 2.24) is 14.8 Å². The maximum Gasteiger partial charge on any atom is 0.409 e. The van der Waals surface area contributed by atoms with Crippen LogP contribution in [-0.4, -0.2) is 60.2 Å². The van der Waals surface area contributed by atoms with Crippen molar-refractivity contribution in [1.29, 1.82) is 0 Å². The van der Waals surface area contributed by atoms with E-state index in [0.29, 0.717) is 26.2 Å². The van der Waals surface area contributed by atoms with Crippen LogP contribution in [0.5, 0.6) is 0 Å². The highest BCUT2D eigenvalue weighted by molar-refractivity contribution is 7.18. The van der Waals surface area contributed by atoms with Crippen LogP contribution >= 0.6 is 11.3 Å². The number of nitrogens with one attached hydrogen (secondary N) is 1. The van der Waals surface area contributed by atoms with Gasteiger partial charge in [-0.25, -0.2) is 14.6 Å². The first-order chi connectivity index (χ1) is 11.6. The number of aromatic nitrogens is 1. The van der Waals surface area contributed by atoms with E-state index in [-0.39, 0.29) is 12.1 Å². The highest BCUT2D eigenvalue weighted by Crippen LogP contribution is 2.25. The molecule has 24 heavy (non-hydrogen) atoms. The van der Waals surface area contributed by atoms with Gasteiger partial charge < -0.3 is 19.9 Å². The van der Waals surface area contributed by atoms with Crippen molar-refractivity contribution < 1.29 is 14.3 Å². The number of amides is 3. The van der Waals surface area contributed by atoms with Crippen molar-refractivity contribution in [3.8, 4) is 0 Å². The number of carbonyl (C=O) groups excluding carboxylic acids is 2. The molecule has 0 radical (unpaired) electrons. The molecule has 1 fully saturated rings. The smallest absolute Gasteiger partial charge is 0.409 e. The van der Waals surface area contributed by atoms with Crippen molar-refractivity contribution in [2.24, 2.45) is 0 Å². The van der Waals surface area contributed by atoms with Gasteiger partial charge in [-0.15, -0.1) is 11.3 Å². The summed E-state index contributed by atoms with van der Waals surface area (Å²) in [6.45, 7) is 4.15. The molecule has 3 amide bonds. The van der Waals surface area contributed by atoms with E-state index in [4.69, 9.17) is 4.74 Å². The van der Waals surface area contributed by atoms with Gasteiger partial charge in [0.05, 0.1) is 22.3 Å². The summed E-state index contributed by atoms with van der Waals surface area (Å²) in [5.74, 6) is 0. The molecule has 128 valence electrons. The number of hydrogen-bond acceptors (Lipinski definition) is 5. The number of methoxy groups -OCH3 is 1. The molecule has 0 unspecified atom stereocenters. The molecular formula is C16H20N4O3S. The summed E-state index contributed by atoms with van der Waals surface area (Å²) in [6.07, 6.45) is 0.388. The Labute approximate surface area is 144 Å². The maximum absolute atomic E-state index is 12.5. The minimum absolute atomic E-state index is 0.151. The lowest BCUT2D eigenvalue weighted by molar-refractivity contribution is 0.125. The first-order valence-electron chi connectivity index (χ1n) is 7.83. The van der Waals surface area contributed by atoms with Crippen molar-refractivity contribution in [2.75, 3.05) is 38.6 Å². The Hall–Kier alpha value is -2.35. The Morgan fingerprint density at radius 3 is 2.75 bits per heavy atom. The zero-order chi connectivity index (χ0) is 17.1. The predicted molar refractivity (Wildman–Crippen MR) is 93.5 cm³/mol. The van der Waals surface area contributed by atoms with Crippen molar-refractivity contribution in [3.05, 3.63) is 23.2 Å². The molecule has 3 rings (SSSR count). The van der Waals surface area contributed by atoms with Gasteiger partial charge in [-0.3, -0.25) is 0 Å². The molecule has 0 aliphatic carbocycles. The maximum atomic E-state index is 12.5. The zero-order valence-electron chi connectivity index (χ0n) is 13.7. The lowest BCUT2D eigenvalue weighted by atomic mass is 10.3. The molecule has 1 aliphatic heterocycles. The van der Waals surface area contributed by atoms with E-state index in [1.165, 1.54) is 7.11 Å². The van der Waals surface area contributed by atoms with E-state index in [1.54, 1.807) is 21.1 Å². The fourth-order valence-corrected chi connectivity index (χ4v) is 3.62. The number of rotatable bonds is 1. The molecule has 0 spiro atoms. The van der Waals surface area contributed by atoms with Crippen LogP contribution in [0.4, 0.5) is 15.3 Å². The molecule has 1 N–H and O–H groups in total. The average molecular weight is 348 g/mol. The Bertz CT molecular complexity index is 761. The number of hydrogen-bond donors (Lipinski definition) is 1. The molecule has 1 aromatic heterocycles. The molecule has 1 aromatic carbocycles. The Balaban J connectivity index is 1.64. The average Bonchev–Trinajstić information content (AvgIpc) is 2.78. The van der Waals surface area contributed by atoms with Crippen LogP contribution in [0.25, 0.3) is 10.2 Å². The van der Waals surface area contributed by atoms with Crippen LogP contribution in [0.2, 0.25) is 0 Å². The van der Waals surface area contributed by atoms with Crippen molar-refractivity contribution >= 4 is 39.4 Å². The minimum atomic E-state index is -0.344. The third-order valence-corrected chi connectivity index (χ3v) is 4.90. The molecule has 2 aromatic rings. The molecule has 0 bridgehead atoms. The Morgan fingerprint density at radius 1 is 1.21 bits per heavy atom. The molecule has 0 atom stereocenters. The number of nitrogens with zero attached hydrogens (tertiary/aromatic N) is 3. The standard InChI is InChI=1S/C16H20N4O3S/c1-11-17-13-5-4-12(10-14(13)24-11)18-15(21)19-6-3-7-20(9-8-19)16(22)23-2/h4-5,10H,3,6-9H2,1-2H3,(H,18,21). The molecule has 8 heteroatoms. The number of anilines is 1. The number of ether oxygens (including phenoxy) is 1. The minimum Gasteiger partial charge on any atom is -0.453 e. The summed E-state index contributed by atoms with van der Waals surface area (Å²) >= 11 is 1.60. The fraction of sp³-hybridized carbons (Fsp3) is 0.438. The van der Waals surface area contributed by atoms with E-state index in [9.17, 15) is 9.59 Å². The van der Waals surface area contributed by atoms with E-state index in [0.717, 1.165) is 27.3 Å². The third-order valence-electron chi connectivity index (χ3n) is 3.96. The molecule has 1 saturated heterocycles. The van der Waals surface area contributed by atoms with E-state index >= 15 is 0 Å². The highest BCUT2D eigenvalue weighted by atomic mass is 32.1. The van der Waals surface area contributed by atoms with Gasteiger partial charge in [-0.2, -0.15) is 0 Å². The molecular weight excluding hydrogens is 328 g/mol. The molecule has 0 saturated carbocycles. The Morgan fingerprint density at radius 2 is 1.96 bits per heavy atom. The number of benzene rings is 1. The van der Waals surface area contributed by atoms with E-state index in [1.807, 2.05) is 25.1 Å². The zero-order valence-corrected chi connectivity index (χ0v) is 14.6. The number of urea groups is 1. The molecule has 1 aliphatic rings. The third kappa shape index (κ3) is 3.59. The van der Waals surface area contributed by atoms with Crippen LogP contribution in [0.1, 0.15) is 11.4 Å². The predicted octanol–water partition coefficient (Wildman–Crippen LogP) is 2.91. The van der Waals surface area contributed by atoms with Crippen LogP contribution < -0.4 is 5.32 Å². The van der Waals surface area contributed by atoms with Crippen LogP contribution in [0, 0.1) is 6.92 Å². The van der Waals surface area contributed by atoms with Crippen molar-refractivity contribution in [2.45, 2.75) is 13.3 Å². The Kier molecular flexibility index (Phi) is 4.84. The van der Waals surface area contributed by atoms with Gasteiger partial charge >= 0.3 is 12.1 Å². The van der Waals surface area contributed by atoms with E-state index < -0.39 is 0 Å².